The van der Waals surface area contributed by atoms with E-state index in [1.165, 1.54) is 49.7 Å². The van der Waals surface area contributed by atoms with Crippen molar-refractivity contribution < 1.29 is 4.74 Å². The highest BCUT2D eigenvalue weighted by Gasteiger charge is 2.42. The van der Waals surface area contributed by atoms with Crippen LogP contribution in [-0.2, 0) is 11.2 Å². The van der Waals surface area contributed by atoms with Crippen LogP contribution < -0.4 is 5.32 Å². The van der Waals surface area contributed by atoms with Gasteiger partial charge in [0.1, 0.15) is 0 Å². The summed E-state index contributed by atoms with van der Waals surface area (Å²) >= 11 is 0. The molecule has 2 heterocycles. The number of pyridine rings is 1. The Kier molecular flexibility index (Phi) is 4.60. The van der Waals surface area contributed by atoms with Crippen molar-refractivity contribution in [1.82, 2.24) is 10.3 Å². The fourth-order valence-corrected chi connectivity index (χ4v) is 4.40. The molecule has 1 aromatic heterocycles. The molecule has 1 spiro atoms. The predicted molar refractivity (Wildman–Crippen MR) is 85.3 cm³/mol. The molecule has 3 rings (SSSR count). The number of aryl methyl sites for hydroxylation is 1. The molecule has 2 atom stereocenters. The summed E-state index contributed by atoms with van der Waals surface area (Å²) in [5, 5.41) is 3.59. The van der Waals surface area contributed by atoms with Gasteiger partial charge in [0.2, 0.25) is 0 Å². The Morgan fingerprint density at radius 1 is 1.43 bits per heavy atom. The maximum Gasteiger partial charge on any atom is 0.0686 e. The first kappa shape index (κ1) is 15.0. The molecule has 3 nitrogen and oxygen atoms in total. The van der Waals surface area contributed by atoms with Crippen LogP contribution >= 0.6 is 0 Å². The van der Waals surface area contributed by atoms with Crippen LogP contribution in [0.3, 0.4) is 0 Å². The topological polar surface area (TPSA) is 34.2 Å². The molecule has 2 fully saturated rings. The first-order valence-corrected chi connectivity index (χ1v) is 8.52. The quantitative estimate of drug-likeness (QED) is 0.918. The van der Waals surface area contributed by atoms with E-state index in [2.05, 4.69) is 30.3 Å². The predicted octanol–water partition coefficient (Wildman–Crippen LogP) is 3.64. The fourth-order valence-electron chi connectivity index (χ4n) is 4.40. The van der Waals surface area contributed by atoms with Gasteiger partial charge in [-0.05, 0) is 62.3 Å². The maximum atomic E-state index is 6.20. The number of rotatable bonds is 4. The van der Waals surface area contributed by atoms with E-state index < -0.39 is 0 Å². The van der Waals surface area contributed by atoms with Gasteiger partial charge in [-0.25, -0.2) is 0 Å². The first-order valence-electron chi connectivity index (χ1n) is 8.52. The van der Waals surface area contributed by atoms with Gasteiger partial charge in [-0.3, -0.25) is 4.98 Å². The van der Waals surface area contributed by atoms with Crippen LogP contribution in [-0.4, -0.2) is 24.2 Å². The van der Waals surface area contributed by atoms with Crippen LogP contribution in [0.5, 0.6) is 0 Å². The third kappa shape index (κ3) is 3.00. The van der Waals surface area contributed by atoms with Gasteiger partial charge in [-0.15, -0.1) is 0 Å². The number of aromatic nitrogens is 1. The fraction of sp³-hybridized carbons (Fsp3) is 0.722. The Balaban J connectivity index is 1.82. The van der Waals surface area contributed by atoms with E-state index in [9.17, 15) is 0 Å². The lowest BCUT2D eigenvalue weighted by molar-refractivity contribution is -0.0979. The van der Waals surface area contributed by atoms with Crippen molar-refractivity contribution in [2.75, 3.05) is 13.7 Å². The molecule has 21 heavy (non-hydrogen) atoms. The van der Waals surface area contributed by atoms with Crippen molar-refractivity contribution in [3.8, 4) is 0 Å². The highest BCUT2D eigenvalue weighted by Crippen LogP contribution is 2.45. The second kappa shape index (κ2) is 6.45. The summed E-state index contributed by atoms with van der Waals surface area (Å²) in [6.07, 6.45) is 12.6. The zero-order valence-corrected chi connectivity index (χ0v) is 13.4. The summed E-state index contributed by atoms with van der Waals surface area (Å²) in [4.78, 5) is 4.30. The van der Waals surface area contributed by atoms with Crippen molar-refractivity contribution in [1.29, 1.82) is 0 Å². The van der Waals surface area contributed by atoms with Crippen molar-refractivity contribution in [2.45, 2.75) is 63.5 Å². The van der Waals surface area contributed by atoms with Crippen LogP contribution in [0.4, 0.5) is 0 Å². The average molecular weight is 288 g/mol. The summed E-state index contributed by atoms with van der Waals surface area (Å²) in [6.45, 7) is 3.14. The minimum absolute atomic E-state index is 0.192. The third-order valence-electron chi connectivity index (χ3n) is 5.49. The number of nitrogens with one attached hydrogen (secondary N) is 1. The summed E-state index contributed by atoms with van der Waals surface area (Å²) in [7, 11) is 2.10. The molecule has 1 aliphatic heterocycles. The van der Waals surface area contributed by atoms with Crippen molar-refractivity contribution in [2.24, 2.45) is 5.92 Å². The summed E-state index contributed by atoms with van der Waals surface area (Å²) in [6, 6.07) is 2.64. The molecular formula is C18H28N2O. The summed E-state index contributed by atoms with van der Waals surface area (Å²) in [5.41, 5.74) is 3.01. The van der Waals surface area contributed by atoms with Gasteiger partial charge >= 0.3 is 0 Å². The van der Waals surface area contributed by atoms with E-state index in [1.807, 2.05) is 12.4 Å². The molecule has 1 aliphatic carbocycles. The lowest BCUT2D eigenvalue weighted by atomic mass is 9.78. The van der Waals surface area contributed by atoms with Crippen LogP contribution in [0.2, 0.25) is 0 Å². The van der Waals surface area contributed by atoms with E-state index >= 15 is 0 Å². The van der Waals surface area contributed by atoms with Gasteiger partial charge in [0.15, 0.2) is 0 Å². The smallest absolute Gasteiger partial charge is 0.0686 e. The lowest BCUT2D eigenvalue weighted by Gasteiger charge is -2.41. The Hall–Kier alpha value is -0.930. The standard InChI is InChI=1S/C18H28N2O/c1-3-14-13-20-10-6-16(14)17(19-2)15-7-11-21-18(12-15)8-4-5-9-18/h6,10,13,15,17,19H,3-5,7-9,11-12H2,1-2H3. The molecule has 116 valence electrons. The SMILES string of the molecule is CCc1cnccc1C(NC)C1CCOC2(CCCC2)C1. The van der Waals surface area contributed by atoms with Gasteiger partial charge in [-0.2, -0.15) is 0 Å². The Morgan fingerprint density at radius 3 is 2.95 bits per heavy atom. The van der Waals surface area contributed by atoms with Gasteiger partial charge in [0.05, 0.1) is 5.60 Å². The monoisotopic (exact) mass is 288 g/mol. The molecule has 1 saturated carbocycles. The highest BCUT2D eigenvalue weighted by atomic mass is 16.5. The van der Waals surface area contributed by atoms with Crippen LogP contribution in [0.15, 0.2) is 18.5 Å². The highest BCUT2D eigenvalue weighted by molar-refractivity contribution is 5.27. The van der Waals surface area contributed by atoms with Gasteiger partial charge < -0.3 is 10.1 Å². The lowest BCUT2D eigenvalue weighted by Crippen LogP contribution is -2.41. The minimum atomic E-state index is 0.192. The van der Waals surface area contributed by atoms with Crippen molar-refractivity contribution >= 4 is 0 Å². The van der Waals surface area contributed by atoms with E-state index in [4.69, 9.17) is 4.74 Å². The Bertz CT molecular complexity index is 468. The second-order valence-corrected chi connectivity index (χ2v) is 6.69. The molecule has 0 radical (unpaired) electrons. The molecule has 1 aromatic rings. The molecule has 0 aromatic carbocycles. The van der Waals surface area contributed by atoms with Gasteiger partial charge in [0, 0.05) is 25.0 Å². The van der Waals surface area contributed by atoms with Crippen molar-refractivity contribution in [3.05, 3.63) is 29.6 Å². The zero-order valence-electron chi connectivity index (χ0n) is 13.4. The molecule has 2 aliphatic rings. The van der Waals surface area contributed by atoms with E-state index in [0.717, 1.165) is 13.0 Å². The molecule has 0 amide bonds. The molecule has 3 heteroatoms. The molecule has 2 unspecified atom stereocenters. The molecule has 0 bridgehead atoms. The second-order valence-electron chi connectivity index (χ2n) is 6.69. The summed E-state index contributed by atoms with van der Waals surface area (Å²) < 4.78 is 6.20. The van der Waals surface area contributed by atoms with E-state index in [1.54, 1.807) is 0 Å². The number of hydrogen-bond acceptors (Lipinski definition) is 3. The summed E-state index contributed by atoms with van der Waals surface area (Å²) in [5.74, 6) is 0.676. The van der Waals surface area contributed by atoms with Crippen LogP contribution in [0, 0.1) is 5.92 Å². The molecule has 1 saturated heterocycles. The van der Waals surface area contributed by atoms with Crippen LogP contribution in [0.25, 0.3) is 0 Å². The largest absolute Gasteiger partial charge is 0.375 e. The normalized spacial score (nSPS) is 26.1. The average Bonchev–Trinajstić information content (AvgIpc) is 2.96. The maximum absolute atomic E-state index is 6.20. The number of ether oxygens (including phenoxy) is 1. The van der Waals surface area contributed by atoms with Crippen molar-refractivity contribution in [3.63, 3.8) is 0 Å². The Morgan fingerprint density at radius 2 is 2.24 bits per heavy atom. The van der Waals surface area contributed by atoms with E-state index in [-0.39, 0.29) is 5.60 Å². The molecule has 1 N–H and O–H groups in total. The zero-order chi connectivity index (χ0) is 14.7. The van der Waals surface area contributed by atoms with E-state index in [0.29, 0.717) is 12.0 Å². The van der Waals surface area contributed by atoms with Gasteiger partial charge in [-0.1, -0.05) is 19.8 Å². The Labute approximate surface area is 128 Å². The van der Waals surface area contributed by atoms with Gasteiger partial charge in [0.25, 0.3) is 0 Å². The third-order valence-corrected chi connectivity index (χ3v) is 5.49. The number of hydrogen-bond donors (Lipinski definition) is 1. The number of nitrogens with zero attached hydrogens (tertiary/aromatic N) is 1. The first-order chi connectivity index (χ1) is 10.3. The minimum Gasteiger partial charge on any atom is -0.375 e. The van der Waals surface area contributed by atoms with Crippen LogP contribution in [0.1, 0.15) is 62.6 Å². The molecular weight excluding hydrogens is 260 g/mol.